The van der Waals surface area contributed by atoms with Gasteiger partial charge < -0.3 is 14.9 Å². The normalized spacial score (nSPS) is 24.0. The Morgan fingerprint density at radius 2 is 1.71 bits per heavy atom. The van der Waals surface area contributed by atoms with Gasteiger partial charge in [0.1, 0.15) is 11.0 Å². The van der Waals surface area contributed by atoms with Crippen molar-refractivity contribution in [2.75, 3.05) is 26.2 Å². The molecule has 126 valence electrons. The third kappa shape index (κ3) is 2.57. The van der Waals surface area contributed by atoms with E-state index in [0.717, 1.165) is 18.4 Å². The van der Waals surface area contributed by atoms with Crippen molar-refractivity contribution in [2.24, 2.45) is 11.8 Å². The summed E-state index contributed by atoms with van der Waals surface area (Å²) in [6.07, 6.45) is 0.871. The molecule has 0 bridgehead atoms. The fourth-order valence-corrected chi connectivity index (χ4v) is 3.86. The van der Waals surface area contributed by atoms with Crippen LogP contribution in [0.4, 0.5) is 4.79 Å². The Bertz CT molecular complexity index is 773. The molecule has 0 saturated carbocycles. The molecule has 3 heterocycles. The standard InChI is InChI=1S/C16H19N5O3/c22-15(10-1-2-13-14(7-10)18-19-17-13)20-5-3-11-8-21(16(23)24)9-12(11)4-6-20/h1-2,7,11-12H,3-6,8-9H2,(H,23,24)(H,17,18,19). The lowest BCUT2D eigenvalue weighted by Gasteiger charge is -2.21. The number of likely N-dealkylation sites (tertiary alicyclic amines) is 2. The Balaban J connectivity index is 1.46. The number of nitrogens with one attached hydrogen (secondary N) is 1. The number of amides is 2. The van der Waals surface area contributed by atoms with Crippen molar-refractivity contribution in [3.05, 3.63) is 23.8 Å². The molecule has 2 aliphatic heterocycles. The second kappa shape index (κ2) is 5.77. The molecule has 8 heteroatoms. The molecule has 2 unspecified atom stereocenters. The van der Waals surface area contributed by atoms with Crippen LogP contribution in [0.1, 0.15) is 23.2 Å². The van der Waals surface area contributed by atoms with Crippen LogP contribution in [-0.4, -0.2) is 68.5 Å². The van der Waals surface area contributed by atoms with Crippen LogP contribution >= 0.6 is 0 Å². The van der Waals surface area contributed by atoms with Gasteiger partial charge in [-0.2, -0.15) is 15.4 Å². The summed E-state index contributed by atoms with van der Waals surface area (Å²) in [5, 5.41) is 19.7. The van der Waals surface area contributed by atoms with E-state index in [4.69, 9.17) is 5.11 Å². The predicted molar refractivity (Wildman–Crippen MR) is 85.6 cm³/mol. The number of aromatic amines is 1. The fourth-order valence-electron chi connectivity index (χ4n) is 3.86. The van der Waals surface area contributed by atoms with Crippen LogP contribution in [0.2, 0.25) is 0 Å². The van der Waals surface area contributed by atoms with Gasteiger partial charge in [-0.1, -0.05) is 0 Å². The molecule has 0 spiro atoms. The number of H-pyrrole nitrogens is 1. The van der Waals surface area contributed by atoms with Gasteiger partial charge in [-0.3, -0.25) is 4.79 Å². The summed E-state index contributed by atoms with van der Waals surface area (Å²) in [7, 11) is 0. The van der Waals surface area contributed by atoms with E-state index in [1.807, 2.05) is 4.90 Å². The van der Waals surface area contributed by atoms with E-state index < -0.39 is 6.09 Å². The fraction of sp³-hybridized carbons (Fsp3) is 0.500. The molecule has 2 N–H and O–H groups in total. The van der Waals surface area contributed by atoms with Gasteiger partial charge in [0.2, 0.25) is 0 Å². The minimum absolute atomic E-state index is 0.00923. The van der Waals surface area contributed by atoms with Crippen LogP contribution < -0.4 is 0 Å². The SMILES string of the molecule is O=C(O)N1CC2CCN(C(=O)c3ccc4n[nH]nc4c3)CCC2C1. The number of carbonyl (C=O) groups excluding carboxylic acids is 1. The minimum Gasteiger partial charge on any atom is -0.465 e. The summed E-state index contributed by atoms with van der Waals surface area (Å²) < 4.78 is 0. The number of fused-ring (bicyclic) bond motifs is 2. The molecule has 2 saturated heterocycles. The van der Waals surface area contributed by atoms with E-state index in [0.29, 0.717) is 49.1 Å². The Kier molecular flexibility index (Phi) is 3.59. The number of hydrogen-bond donors (Lipinski definition) is 2. The maximum Gasteiger partial charge on any atom is 0.407 e. The molecule has 4 rings (SSSR count). The van der Waals surface area contributed by atoms with Gasteiger partial charge in [0, 0.05) is 31.7 Å². The average Bonchev–Trinajstić information content (AvgIpc) is 3.16. The predicted octanol–water partition coefficient (Wildman–Crippen LogP) is 1.42. The van der Waals surface area contributed by atoms with Gasteiger partial charge in [0.05, 0.1) is 0 Å². The van der Waals surface area contributed by atoms with E-state index in [9.17, 15) is 9.59 Å². The molecule has 1 aromatic carbocycles. The zero-order valence-corrected chi connectivity index (χ0v) is 13.2. The highest BCUT2D eigenvalue weighted by atomic mass is 16.4. The topological polar surface area (TPSA) is 102 Å². The Morgan fingerprint density at radius 1 is 1.04 bits per heavy atom. The zero-order chi connectivity index (χ0) is 16.7. The van der Waals surface area contributed by atoms with Crippen LogP contribution in [0, 0.1) is 11.8 Å². The zero-order valence-electron chi connectivity index (χ0n) is 13.2. The lowest BCUT2D eigenvalue weighted by molar-refractivity contribution is 0.0755. The average molecular weight is 329 g/mol. The van der Waals surface area contributed by atoms with Crippen molar-refractivity contribution in [1.82, 2.24) is 25.2 Å². The Hall–Kier alpha value is -2.64. The van der Waals surface area contributed by atoms with Gasteiger partial charge in [0.25, 0.3) is 5.91 Å². The lowest BCUT2D eigenvalue weighted by Crippen LogP contribution is -2.33. The van der Waals surface area contributed by atoms with Gasteiger partial charge >= 0.3 is 6.09 Å². The summed E-state index contributed by atoms with van der Waals surface area (Å²) in [5.41, 5.74) is 2.05. The van der Waals surface area contributed by atoms with Gasteiger partial charge in [-0.05, 0) is 42.9 Å². The van der Waals surface area contributed by atoms with Gasteiger partial charge in [0.15, 0.2) is 0 Å². The van der Waals surface area contributed by atoms with Crippen molar-refractivity contribution in [3.63, 3.8) is 0 Å². The van der Waals surface area contributed by atoms with E-state index in [2.05, 4.69) is 15.4 Å². The van der Waals surface area contributed by atoms with E-state index in [1.165, 1.54) is 4.90 Å². The smallest absolute Gasteiger partial charge is 0.407 e. The summed E-state index contributed by atoms with van der Waals surface area (Å²) in [6.45, 7) is 2.52. The third-order valence-electron chi connectivity index (χ3n) is 5.24. The first kappa shape index (κ1) is 14.9. The van der Waals surface area contributed by atoms with Crippen molar-refractivity contribution in [1.29, 1.82) is 0 Å². The highest BCUT2D eigenvalue weighted by Gasteiger charge is 2.37. The van der Waals surface area contributed by atoms with Crippen LogP contribution in [0.15, 0.2) is 18.2 Å². The second-order valence-corrected chi connectivity index (χ2v) is 6.60. The minimum atomic E-state index is -0.836. The largest absolute Gasteiger partial charge is 0.465 e. The van der Waals surface area contributed by atoms with Crippen molar-refractivity contribution < 1.29 is 14.7 Å². The van der Waals surface area contributed by atoms with Crippen molar-refractivity contribution in [3.8, 4) is 0 Å². The molecule has 2 atom stereocenters. The Labute approximate surface area is 138 Å². The van der Waals surface area contributed by atoms with Crippen molar-refractivity contribution in [2.45, 2.75) is 12.8 Å². The summed E-state index contributed by atoms with van der Waals surface area (Å²) in [4.78, 5) is 27.3. The molecule has 0 aliphatic carbocycles. The number of benzene rings is 1. The molecule has 0 radical (unpaired) electrons. The first-order valence-electron chi connectivity index (χ1n) is 8.19. The van der Waals surface area contributed by atoms with Gasteiger partial charge in [-0.15, -0.1) is 0 Å². The van der Waals surface area contributed by atoms with E-state index in [-0.39, 0.29) is 5.91 Å². The maximum atomic E-state index is 12.8. The van der Waals surface area contributed by atoms with Crippen LogP contribution in [-0.2, 0) is 0 Å². The van der Waals surface area contributed by atoms with Crippen molar-refractivity contribution >= 4 is 23.0 Å². The monoisotopic (exact) mass is 329 g/mol. The van der Waals surface area contributed by atoms with Gasteiger partial charge in [-0.25, -0.2) is 4.79 Å². The van der Waals surface area contributed by atoms with Crippen LogP contribution in [0.5, 0.6) is 0 Å². The molecular formula is C16H19N5O3. The molecule has 2 fully saturated rings. The molecule has 8 nitrogen and oxygen atoms in total. The number of rotatable bonds is 1. The summed E-state index contributed by atoms with van der Waals surface area (Å²) in [5.74, 6) is 0.726. The quantitative estimate of drug-likeness (QED) is 0.824. The number of nitrogens with zero attached hydrogens (tertiary/aromatic N) is 4. The number of aromatic nitrogens is 3. The highest BCUT2D eigenvalue weighted by molar-refractivity contribution is 5.97. The van der Waals surface area contributed by atoms with Crippen LogP contribution in [0.25, 0.3) is 11.0 Å². The van der Waals surface area contributed by atoms with E-state index >= 15 is 0 Å². The number of carboxylic acid groups (broad SMARTS) is 1. The summed E-state index contributed by atoms with van der Waals surface area (Å²) in [6, 6.07) is 5.34. The highest BCUT2D eigenvalue weighted by Crippen LogP contribution is 2.32. The van der Waals surface area contributed by atoms with Crippen LogP contribution in [0.3, 0.4) is 0 Å². The maximum absolute atomic E-state index is 12.8. The van der Waals surface area contributed by atoms with E-state index in [1.54, 1.807) is 18.2 Å². The molecule has 2 aromatic rings. The molecule has 1 aromatic heterocycles. The first-order valence-corrected chi connectivity index (χ1v) is 8.19. The third-order valence-corrected chi connectivity index (χ3v) is 5.24. The molecular weight excluding hydrogens is 310 g/mol. The molecule has 2 amide bonds. The number of carbonyl (C=O) groups is 2. The first-order chi connectivity index (χ1) is 11.6. The molecule has 2 aliphatic rings. The lowest BCUT2D eigenvalue weighted by atomic mass is 9.92. The number of hydrogen-bond acceptors (Lipinski definition) is 4. The second-order valence-electron chi connectivity index (χ2n) is 6.60. The summed E-state index contributed by atoms with van der Waals surface area (Å²) >= 11 is 0. The Morgan fingerprint density at radius 3 is 2.38 bits per heavy atom. The molecule has 24 heavy (non-hydrogen) atoms.